The van der Waals surface area contributed by atoms with E-state index in [0.717, 1.165) is 19.2 Å². The summed E-state index contributed by atoms with van der Waals surface area (Å²) in [5, 5.41) is 0. The number of pyridine rings is 1. The maximum Gasteiger partial charge on any atom is 0.433 e. The highest BCUT2D eigenvalue weighted by Crippen LogP contribution is 2.29. The number of anilines is 2. The quantitative estimate of drug-likeness (QED) is 0.882. The molecule has 0 saturated carbocycles. The standard InChI is InChI=1S/C14H16F3N7/c1-23-5-7-24(8-6-23)13-21-11(20-12(18)22-13)9-3-2-4-10(19-9)14(15,16)17/h2-4H,5-8H2,1H3,(H2,18,20,21,22). The number of hydrogen-bond acceptors (Lipinski definition) is 7. The van der Waals surface area contributed by atoms with Gasteiger partial charge in [-0.15, -0.1) is 0 Å². The van der Waals surface area contributed by atoms with E-state index in [1.165, 1.54) is 12.1 Å². The zero-order valence-corrected chi connectivity index (χ0v) is 13.0. The van der Waals surface area contributed by atoms with E-state index in [-0.39, 0.29) is 17.5 Å². The molecule has 0 unspecified atom stereocenters. The molecule has 7 nitrogen and oxygen atoms in total. The summed E-state index contributed by atoms with van der Waals surface area (Å²) in [4.78, 5) is 20.0. The van der Waals surface area contributed by atoms with Crippen molar-refractivity contribution >= 4 is 11.9 Å². The molecule has 0 amide bonds. The predicted molar refractivity (Wildman–Crippen MR) is 82.2 cm³/mol. The first-order valence-corrected chi connectivity index (χ1v) is 7.32. The molecule has 0 radical (unpaired) electrons. The van der Waals surface area contributed by atoms with Crippen LogP contribution in [0.3, 0.4) is 0 Å². The van der Waals surface area contributed by atoms with Crippen molar-refractivity contribution < 1.29 is 13.2 Å². The number of nitrogens with zero attached hydrogens (tertiary/aromatic N) is 6. The summed E-state index contributed by atoms with van der Waals surface area (Å²) in [7, 11) is 2.01. The van der Waals surface area contributed by atoms with Gasteiger partial charge >= 0.3 is 6.18 Å². The van der Waals surface area contributed by atoms with Gasteiger partial charge in [-0.05, 0) is 19.2 Å². The Morgan fingerprint density at radius 1 is 1.00 bits per heavy atom. The Hall–Kier alpha value is -2.49. The average molecular weight is 339 g/mol. The Balaban J connectivity index is 1.94. The van der Waals surface area contributed by atoms with E-state index in [1.807, 2.05) is 11.9 Å². The van der Waals surface area contributed by atoms with Crippen molar-refractivity contribution in [2.24, 2.45) is 0 Å². The van der Waals surface area contributed by atoms with Gasteiger partial charge < -0.3 is 15.5 Å². The van der Waals surface area contributed by atoms with Crippen LogP contribution in [0.1, 0.15) is 5.69 Å². The molecule has 1 aliphatic rings. The van der Waals surface area contributed by atoms with Gasteiger partial charge in [-0.25, -0.2) is 4.98 Å². The summed E-state index contributed by atoms with van der Waals surface area (Å²) in [6, 6.07) is 3.58. The number of nitrogen functional groups attached to an aromatic ring is 1. The number of rotatable bonds is 2. The Morgan fingerprint density at radius 2 is 1.71 bits per heavy atom. The molecule has 1 saturated heterocycles. The highest BCUT2D eigenvalue weighted by Gasteiger charge is 2.32. The minimum atomic E-state index is -4.53. The Kier molecular flexibility index (Phi) is 4.22. The predicted octanol–water partition coefficient (Wildman–Crippen LogP) is 1.29. The molecule has 3 rings (SSSR count). The fourth-order valence-electron chi connectivity index (χ4n) is 2.36. The number of likely N-dealkylation sites (N-methyl/N-ethyl adjacent to an activating group) is 1. The van der Waals surface area contributed by atoms with Crippen LogP contribution < -0.4 is 10.6 Å². The molecule has 0 atom stereocenters. The number of hydrogen-bond donors (Lipinski definition) is 1. The second kappa shape index (κ2) is 6.19. The van der Waals surface area contributed by atoms with Crippen LogP contribution >= 0.6 is 0 Å². The van der Waals surface area contributed by atoms with Crippen molar-refractivity contribution in [3.63, 3.8) is 0 Å². The maximum atomic E-state index is 12.8. The third kappa shape index (κ3) is 3.53. The van der Waals surface area contributed by atoms with Crippen molar-refractivity contribution in [3.05, 3.63) is 23.9 Å². The molecule has 1 aliphatic heterocycles. The van der Waals surface area contributed by atoms with Gasteiger partial charge in [-0.2, -0.15) is 28.1 Å². The second-order valence-electron chi connectivity index (χ2n) is 5.51. The van der Waals surface area contributed by atoms with E-state index in [9.17, 15) is 13.2 Å². The Bertz CT molecular complexity index is 727. The van der Waals surface area contributed by atoms with Crippen LogP contribution in [0.4, 0.5) is 25.1 Å². The largest absolute Gasteiger partial charge is 0.433 e. The number of aromatic nitrogens is 4. The van der Waals surface area contributed by atoms with Crippen molar-refractivity contribution in [1.82, 2.24) is 24.8 Å². The van der Waals surface area contributed by atoms with E-state index in [2.05, 4.69) is 24.8 Å². The summed E-state index contributed by atoms with van der Waals surface area (Å²) in [6.45, 7) is 3.08. The first-order valence-electron chi connectivity index (χ1n) is 7.32. The average Bonchev–Trinajstić information content (AvgIpc) is 2.54. The summed E-state index contributed by atoms with van der Waals surface area (Å²) >= 11 is 0. The minimum absolute atomic E-state index is 0.00861. The van der Waals surface area contributed by atoms with Crippen molar-refractivity contribution in [2.45, 2.75) is 6.18 Å². The molecule has 0 aromatic carbocycles. The van der Waals surface area contributed by atoms with Gasteiger partial charge in [0.1, 0.15) is 11.4 Å². The highest BCUT2D eigenvalue weighted by atomic mass is 19.4. The van der Waals surface area contributed by atoms with Crippen LogP contribution in [0.5, 0.6) is 0 Å². The summed E-state index contributed by atoms with van der Waals surface area (Å²) in [5.74, 6) is 0.334. The van der Waals surface area contributed by atoms with Crippen LogP contribution in [-0.2, 0) is 6.18 Å². The lowest BCUT2D eigenvalue weighted by molar-refractivity contribution is -0.141. The molecule has 0 aliphatic carbocycles. The molecule has 0 bridgehead atoms. The monoisotopic (exact) mass is 339 g/mol. The zero-order chi connectivity index (χ0) is 17.3. The van der Waals surface area contributed by atoms with Gasteiger partial charge in [-0.3, -0.25) is 0 Å². The topological polar surface area (TPSA) is 84.1 Å². The third-order valence-electron chi connectivity index (χ3n) is 3.70. The maximum absolute atomic E-state index is 12.8. The SMILES string of the molecule is CN1CCN(c2nc(N)nc(-c3cccc(C(F)(F)F)n3)n2)CC1. The lowest BCUT2D eigenvalue weighted by atomic mass is 10.3. The molecule has 2 aromatic heterocycles. The number of alkyl halides is 3. The third-order valence-corrected chi connectivity index (χ3v) is 3.70. The summed E-state index contributed by atoms with van der Waals surface area (Å²) < 4.78 is 38.4. The summed E-state index contributed by atoms with van der Waals surface area (Å²) in [6.07, 6.45) is -4.53. The lowest BCUT2D eigenvalue weighted by Gasteiger charge is -2.32. The molecule has 128 valence electrons. The van der Waals surface area contributed by atoms with Crippen molar-refractivity contribution in [2.75, 3.05) is 43.9 Å². The molecular weight excluding hydrogens is 323 g/mol. The van der Waals surface area contributed by atoms with Gasteiger partial charge in [0, 0.05) is 26.2 Å². The fraction of sp³-hybridized carbons (Fsp3) is 0.429. The number of halogens is 3. The first-order chi connectivity index (χ1) is 11.3. The smallest absolute Gasteiger partial charge is 0.368 e. The van der Waals surface area contributed by atoms with E-state index < -0.39 is 11.9 Å². The lowest BCUT2D eigenvalue weighted by Crippen LogP contribution is -2.45. The molecule has 3 heterocycles. The molecule has 10 heteroatoms. The number of piperazine rings is 1. The normalized spacial score (nSPS) is 16.4. The molecule has 1 fully saturated rings. The molecule has 0 spiro atoms. The van der Waals surface area contributed by atoms with Gasteiger partial charge in [-0.1, -0.05) is 6.07 Å². The molecule has 2 aromatic rings. The van der Waals surface area contributed by atoms with E-state index in [1.54, 1.807) is 0 Å². The number of nitrogens with two attached hydrogens (primary N) is 1. The van der Waals surface area contributed by atoms with Crippen LogP contribution in [-0.4, -0.2) is 58.1 Å². The Labute approximate surface area is 136 Å². The van der Waals surface area contributed by atoms with E-state index >= 15 is 0 Å². The zero-order valence-electron chi connectivity index (χ0n) is 13.0. The highest BCUT2D eigenvalue weighted by molar-refractivity contribution is 5.53. The van der Waals surface area contributed by atoms with Crippen molar-refractivity contribution in [1.29, 1.82) is 0 Å². The van der Waals surface area contributed by atoms with Crippen molar-refractivity contribution in [3.8, 4) is 11.5 Å². The minimum Gasteiger partial charge on any atom is -0.368 e. The molecular formula is C14H16F3N7. The summed E-state index contributed by atoms with van der Waals surface area (Å²) in [5.41, 5.74) is 4.71. The van der Waals surface area contributed by atoms with Crippen LogP contribution in [0, 0.1) is 0 Å². The van der Waals surface area contributed by atoms with Crippen LogP contribution in [0.2, 0.25) is 0 Å². The van der Waals surface area contributed by atoms with Crippen LogP contribution in [0.15, 0.2) is 18.2 Å². The van der Waals surface area contributed by atoms with Gasteiger partial charge in [0.15, 0.2) is 5.82 Å². The van der Waals surface area contributed by atoms with Gasteiger partial charge in [0.05, 0.1) is 0 Å². The van der Waals surface area contributed by atoms with Gasteiger partial charge in [0.25, 0.3) is 0 Å². The Morgan fingerprint density at radius 3 is 2.38 bits per heavy atom. The molecule has 2 N–H and O–H groups in total. The first kappa shape index (κ1) is 16.4. The fourth-order valence-corrected chi connectivity index (χ4v) is 2.36. The van der Waals surface area contributed by atoms with E-state index in [0.29, 0.717) is 19.0 Å². The second-order valence-corrected chi connectivity index (χ2v) is 5.51. The van der Waals surface area contributed by atoms with Crippen LogP contribution in [0.25, 0.3) is 11.5 Å². The molecule has 24 heavy (non-hydrogen) atoms. The van der Waals surface area contributed by atoms with E-state index in [4.69, 9.17) is 5.73 Å². The van der Waals surface area contributed by atoms with Gasteiger partial charge in [0.2, 0.25) is 11.9 Å².